The first-order chi connectivity index (χ1) is 13.8. The molecule has 0 bridgehead atoms. The predicted molar refractivity (Wildman–Crippen MR) is 104 cm³/mol. The van der Waals surface area contributed by atoms with Crippen LogP contribution in [0.3, 0.4) is 0 Å². The first-order valence-corrected chi connectivity index (χ1v) is 10.2. The van der Waals surface area contributed by atoms with E-state index in [0.717, 1.165) is 0 Å². The molecule has 9 nitrogen and oxygen atoms in total. The molecule has 0 aliphatic carbocycles. The van der Waals surface area contributed by atoms with E-state index in [0.29, 0.717) is 16.2 Å². The number of benzene rings is 1. The topological polar surface area (TPSA) is 130 Å². The Bertz CT molecular complexity index is 853. The molecule has 3 rings (SSSR count). The van der Waals surface area contributed by atoms with E-state index < -0.39 is 22.9 Å². The first kappa shape index (κ1) is 21.3. The second kappa shape index (κ2) is 8.52. The van der Waals surface area contributed by atoms with E-state index >= 15 is 0 Å². The number of amides is 1. The van der Waals surface area contributed by atoms with Gasteiger partial charge in [-0.1, -0.05) is 6.92 Å². The van der Waals surface area contributed by atoms with E-state index in [9.17, 15) is 24.8 Å². The molecular formula is C19H22N2O7S. The maximum atomic E-state index is 12.8. The van der Waals surface area contributed by atoms with Gasteiger partial charge in [0.1, 0.15) is 12.3 Å². The minimum atomic E-state index is -0.828. The Hall–Kier alpha value is -2.43. The molecule has 29 heavy (non-hydrogen) atoms. The lowest BCUT2D eigenvalue weighted by atomic mass is 9.79. The van der Waals surface area contributed by atoms with Gasteiger partial charge in [0.15, 0.2) is 0 Å². The molecule has 1 unspecified atom stereocenters. The monoisotopic (exact) mass is 422 g/mol. The Morgan fingerprint density at radius 3 is 2.59 bits per heavy atom. The normalized spacial score (nSPS) is 24.2. The van der Waals surface area contributed by atoms with E-state index in [2.05, 4.69) is 0 Å². The van der Waals surface area contributed by atoms with Crippen LogP contribution in [-0.2, 0) is 20.9 Å². The van der Waals surface area contributed by atoms with E-state index in [4.69, 9.17) is 9.84 Å². The largest absolute Gasteiger partial charge is 0.456 e. The summed E-state index contributed by atoms with van der Waals surface area (Å²) in [5.74, 6) is -1.36. The minimum absolute atomic E-state index is 0.0618. The number of esters is 1. The number of rotatable bonds is 8. The van der Waals surface area contributed by atoms with Crippen molar-refractivity contribution in [3.8, 4) is 0 Å². The number of nitro groups is 1. The fourth-order valence-electron chi connectivity index (χ4n) is 3.79. The fourth-order valence-corrected chi connectivity index (χ4v) is 4.82. The van der Waals surface area contributed by atoms with Crippen molar-refractivity contribution in [3.05, 3.63) is 50.5 Å². The molecule has 10 heteroatoms. The zero-order valence-corrected chi connectivity index (χ0v) is 16.8. The number of non-ortho nitro benzene ring substituents is 1. The smallest absolute Gasteiger partial charge is 0.356 e. The lowest BCUT2D eigenvalue weighted by Gasteiger charge is -2.46. The Kier molecular flexibility index (Phi) is 6.25. The van der Waals surface area contributed by atoms with E-state index in [1.54, 1.807) is 6.92 Å². The van der Waals surface area contributed by atoms with Crippen molar-refractivity contribution in [3.63, 3.8) is 0 Å². The molecule has 0 radical (unpaired) electrons. The summed E-state index contributed by atoms with van der Waals surface area (Å²) < 4.78 is 5.37. The molecular weight excluding hydrogens is 400 g/mol. The maximum Gasteiger partial charge on any atom is 0.356 e. The minimum Gasteiger partial charge on any atom is -0.456 e. The molecule has 0 aromatic heterocycles. The van der Waals surface area contributed by atoms with E-state index in [1.807, 2.05) is 6.92 Å². The van der Waals surface area contributed by atoms with Crippen LogP contribution in [0.25, 0.3) is 0 Å². The number of ether oxygens (including phenoxy) is 1. The van der Waals surface area contributed by atoms with Crippen molar-refractivity contribution >= 4 is 29.3 Å². The third kappa shape index (κ3) is 3.87. The van der Waals surface area contributed by atoms with Gasteiger partial charge in [0, 0.05) is 28.7 Å². The number of carbonyl (C=O) groups excluding carboxylic acids is 2. The first-order valence-electron chi connectivity index (χ1n) is 9.17. The highest BCUT2D eigenvalue weighted by molar-refractivity contribution is 8.03. The van der Waals surface area contributed by atoms with Gasteiger partial charge in [-0.3, -0.25) is 14.9 Å². The lowest BCUT2D eigenvalue weighted by Crippen LogP contribution is -2.63. The van der Waals surface area contributed by atoms with Crippen LogP contribution in [0.2, 0.25) is 0 Å². The van der Waals surface area contributed by atoms with Crippen LogP contribution in [0.1, 0.15) is 19.4 Å². The fraction of sp³-hybridized carbons (Fsp3) is 0.474. The molecule has 1 aromatic rings. The second-order valence-corrected chi connectivity index (χ2v) is 8.18. The van der Waals surface area contributed by atoms with Crippen LogP contribution in [0.4, 0.5) is 5.69 Å². The molecule has 0 spiro atoms. The average molecular weight is 422 g/mol. The molecule has 4 atom stereocenters. The number of β-lactam (4-membered cyclic amide) rings is 1. The van der Waals surface area contributed by atoms with Crippen molar-refractivity contribution in [2.45, 2.75) is 32.6 Å². The Labute approximate surface area is 171 Å². The van der Waals surface area contributed by atoms with Gasteiger partial charge in [0.25, 0.3) is 5.69 Å². The third-order valence-electron chi connectivity index (χ3n) is 5.17. The van der Waals surface area contributed by atoms with Crippen LogP contribution in [0, 0.1) is 22.0 Å². The van der Waals surface area contributed by atoms with Gasteiger partial charge in [-0.2, -0.15) is 0 Å². The average Bonchev–Trinajstić information content (AvgIpc) is 2.92. The number of carbonyl (C=O) groups is 2. The molecule has 0 saturated carbocycles. The SMILES string of the molecule is C[C@H]1C(SCCO)=C(C(=O)OCc2ccc([N+](=O)[O-])cc2)N2C(=O)[C@@H]([C@@H](C)O)C12. The van der Waals surface area contributed by atoms with E-state index in [1.165, 1.54) is 40.9 Å². The maximum absolute atomic E-state index is 12.8. The van der Waals surface area contributed by atoms with Crippen LogP contribution >= 0.6 is 11.8 Å². The van der Waals surface area contributed by atoms with Crippen LogP contribution in [-0.4, -0.2) is 56.4 Å². The van der Waals surface area contributed by atoms with Crippen LogP contribution < -0.4 is 0 Å². The molecule has 1 saturated heterocycles. The number of nitro benzene ring substituents is 1. The predicted octanol–water partition coefficient (Wildman–Crippen LogP) is 1.43. The highest BCUT2D eigenvalue weighted by atomic mass is 32.2. The van der Waals surface area contributed by atoms with Gasteiger partial charge < -0.3 is 19.8 Å². The molecule has 1 aromatic carbocycles. The van der Waals surface area contributed by atoms with Crippen molar-refractivity contribution in [2.24, 2.45) is 11.8 Å². The summed E-state index contributed by atoms with van der Waals surface area (Å²) in [6.45, 7) is 3.26. The molecule has 156 valence electrons. The Balaban J connectivity index is 1.77. The summed E-state index contributed by atoms with van der Waals surface area (Å²) in [6.07, 6.45) is -0.828. The highest BCUT2D eigenvalue weighted by Gasteiger charge is 2.60. The van der Waals surface area contributed by atoms with Crippen molar-refractivity contribution in [1.82, 2.24) is 4.90 Å². The lowest BCUT2D eigenvalue weighted by molar-refractivity contribution is -0.384. The number of nitrogens with zero attached hydrogens (tertiary/aromatic N) is 2. The van der Waals surface area contributed by atoms with Crippen molar-refractivity contribution in [2.75, 3.05) is 12.4 Å². The van der Waals surface area contributed by atoms with Crippen LogP contribution in [0.5, 0.6) is 0 Å². The number of aliphatic hydroxyl groups excluding tert-OH is 2. The number of fused-ring (bicyclic) bond motifs is 1. The molecule has 2 aliphatic heterocycles. The van der Waals surface area contributed by atoms with E-state index in [-0.39, 0.29) is 42.5 Å². The Morgan fingerprint density at radius 1 is 1.38 bits per heavy atom. The molecule has 2 aliphatic rings. The molecule has 2 N–H and O–H groups in total. The molecule has 2 heterocycles. The second-order valence-electron chi connectivity index (χ2n) is 7.04. The van der Waals surface area contributed by atoms with Crippen LogP contribution in [0.15, 0.2) is 34.9 Å². The highest BCUT2D eigenvalue weighted by Crippen LogP contribution is 2.50. The number of aliphatic hydroxyl groups is 2. The number of hydrogen-bond donors (Lipinski definition) is 2. The third-order valence-corrected chi connectivity index (χ3v) is 6.43. The summed E-state index contributed by atoms with van der Waals surface area (Å²) in [5.41, 5.74) is 0.673. The number of thioether (sulfide) groups is 1. The van der Waals surface area contributed by atoms with Gasteiger partial charge in [-0.05, 0) is 24.6 Å². The zero-order chi connectivity index (χ0) is 21.3. The summed E-state index contributed by atoms with van der Waals surface area (Å²) in [6, 6.07) is 5.33. The quantitative estimate of drug-likeness (QED) is 0.278. The standard InChI is InChI=1S/C19H22N2O7S/c1-10-15-14(11(2)23)18(24)20(15)16(17(10)29-8-7-22)19(25)28-9-12-3-5-13(6-4-12)21(26)27/h3-6,10-11,14-15,22-23H,7-9H2,1-2H3/t10-,11-,14+,15?/m1/s1. The summed E-state index contributed by atoms with van der Waals surface area (Å²) in [4.78, 5) is 37.6. The number of hydrogen-bond acceptors (Lipinski definition) is 8. The van der Waals surface area contributed by atoms with Gasteiger partial charge in [0.2, 0.25) is 5.91 Å². The molecule has 1 amide bonds. The van der Waals surface area contributed by atoms with Gasteiger partial charge in [0.05, 0.1) is 29.6 Å². The summed E-state index contributed by atoms with van der Waals surface area (Å²) >= 11 is 1.30. The van der Waals surface area contributed by atoms with Crippen molar-refractivity contribution < 1.29 is 29.5 Å². The molecule has 1 fully saturated rings. The summed E-state index contributed by atoms with van der Waals surface area (Å²) in [7, 11) is 0. The zero-order valence-electron chi connectivity index (χ0n) is 16.0. The van der Waals surface area contributed by atoms with Gasteiger partial charge >= 0.3 is 5.97 Å². The van der Waals surface area contributed by atoms with Gasteiger partial charge in [-0.15, -0.1) is 11.8 Å². The summed E-state index contributed by atoms with van der Waals surface area (Å²) in [5, 5.41) is 29.8. The van der Waals surface area contributed by atoms with Gasteiger partial charge in [-0.25, -0.2) is 4.79 Å². The Morgan fingerprint density at radius 2 is 2.03 bits per heavy atom. The van der Waals surface area contributed by atoms with Crippen molar-refractivity contribution in [1.29, 1.82) is 0 Å².